The summed E-state index contributed by atoms with van der Waals surface area (Å²) in [6.45, 7) is 1.89. The van der Waals surface area contributed by atoms with E-state index in [4.69, 9.17) is 4.74 Å². The number of methoxy groups -OCH3 is 1. The SMILES string of the molecule is COc1cccc(-n2c(=O)[nH]cc(C(=O)Nc3cccc(C)c3)c2=O)c1. The number of benzene rings is 2. The fourth-order valence-corrected chi connectivity index (χ4v) is 2.54. The van der Waals surface area contributed by atoms with E-state index in [1.54, 1.807) is 42.5 Å². The molecule has 0 radical (unpaired) electrons. The van der Waals surface area contributed by atoms with Gasteiger partial charge in [0.05, 0.1) is 12.8 Å². The van der Waals surface area contributed by atoms with Crippen molar-refractivity contribution in [3.63, 3.8) is 0 Å². The summed E-state index contributed by atoms with van der Waals surface area (Å²) in [7, 11) is 1.48. The van der Waals surface area contributed by atoms with Crippen molar-refractivity contribution in [2.75, 3.05) is 12.4 Å². The Bertz CT molecular complexity index is 1080. The number of nitrogens with zero attached hydrogens (tertiary/aromatic N) is 1. The Morgan fingerprint density at radius 3 is 2.62 bits per heavy atom. The number of hydrogen-bond acceptors (Lipinski definition) is 4. The zero-order valence-electron chi connectivity index (χ0n) is 14.3. The zero-order chi connectivity index (χ0) is 18.7. The fraction of sp³-hybridized carbons (Fsp3) is 0.105. The van der Waals surface area contributed by atoms with E-state index < -0.39 is 17.2 Å². The molecule has 0 aliphatic carbocycles. The van der Waals surface area contributed by atoms with Gasteiger partial charge < -0.3 is 15.0 Å². The number of aromatic amines is 1. The molecule has 132 valence electrons. The zero-order valence-corrected chi connectivity index (χ0v) is 14.3. The number of anilines is 1. The molecule has 2 aromatic carbocycles. The molecule has 3 aromatic rings. The molecule has 0 unspecified atom stereocenters. The Morgan fingerprint density at radius 2 is 1.88 bits per heavy atom. The van der Waals surface area contributed by atoms with Crippen LogP contribution in [0.1, 0.15) is 15.9 Å². The van der Waals surface area contributed by atoms with E-state index in [9.17, 15) is 14.4 Å². The second-order valence-electron chi connectivity index (χ2n) is 5.67. The molecule has 0 spiro atoms. The Hall–Kier alpha value is -3.61. The first-order valence-electron chi connectivity index (χ1n) is 7.87. The van der Waals surface area contributed by atoms with E-state index >= 15 is 0 Å². The van der Waals surface area contributed by atoms with E-state index in [0.717, 1.165) is 16.3 Å². The smallest absolute Gasteiger partial charge is 0.333 e. The van der Waals surface area contributed by atoms with Crippen LogP contribution in [0.15, 0.2) is 64.3 Å². The Kier molecular flexibility index (Phi) is 4.70. The van der Waals surface area contributed by atoms with Crippen molar-refractivity contribution >= 4 is 11.6 Å². The molecule has 7 nitrogen and oxygen atoms in total. The van der Waals surface area contributed by atoms with Crippen LogP contribution in [-0.2, 0) is 0 Å². The van der Waals surface area contributed by atoms with E-state index in [-0.39, 0.29) is 5.56 Å². The first-order chi connectivity index (χ1) is 12.5. The van der Waals surface area contributed by atoms with Crippen molar-refractivity contribution in [3.8, 4) is 11.4 Å². The van der Waals surface area contributed by atoms with Gasteiger partial charge in [-0.15, -0.1) is 0 Å². The number of aromatic nitrogens is 2. The van der Waals surface area contributed by atoms with Crippen LogP contribution in [-0.4, -0.2) is 22.6 Å². The second kappa shape index (κ2) is 7.10. The first kappa shape index (κ1) is 17.2. The third kappa shape index (κ3) is 3.41. The van der Waals surface area contributed by atoms with Gasteiger partial charge in [0.25, 0.3) is 11.5 Å². The summed E-state index contributed by atoms with van der Waals surface area (Å²) in [4.78, 5) is 39.8. The molecular weight excluding hydrogens is 334 g/mol. The topological polar surface area (TPSA) is 93.2 Å². The van der Waals surface area contributed by atoms with E-state index in [1.165, 1.54) is 7.11 Å². The Labute approximate surface area is 148 Å². The lowest BCUT2D eigenvalue weighted by atomic mass is 10.2. The molecule has 1 aromatic heterocycles. The molecule has 3 rings (SSSR count). The quantitative estimate of drug-likeness (QED) is 0.753. The van der Waals surface area contributed by atoms with E-state index in [1.807, 2.05) is 13.0 Å². The summed E-state index contributed by atoms with van der Waals surface area (Å²) < 4.78 is 6.01. The number of carbonyl (C=O) groups excluding carboxylic acids is 1. The lowest BCUT2D eigenvalue weighted by Crippen LogP contribution is -2.38. The summed E-state index contributed by atoms with van der Waals surface area (Å²) in [6, 6.07) is 13.7. The predicted molar refractivity (Wildman–Crippen MR) is 98.3 cm³/mol. The number of amides is 1. The summed E-state index contributed by atoms with van der Waals surface area (Å²) in [5, 5.41) is 2.66. The minimum Gasteiger partial charge on any atom is -0.497 e. The number of ether oxygens (including phenoxy) is 1. The van der Waals surface area contributed by atoms with Crippen LogP contribution in [0.2, 0.25) is 0 Å². The number of hydrogen-bond donors (Lipinski definition) is 2. The number of H-pyrrole nitrogens is 1. The maximum atomic E-state index is 12.7. The molecule has 1 amide bonds. The van der Waals surface area contributed by atoms with Crippen LogP contribution in [0, 0.1) is 6.92 Å². The van der Waals surface area contributed by atoms with Gasteiger partial charge in [0.1, 0.15) is 11.3 Å². The molecule has 2 N–H and O–H groups in total. The van der Waals surface area contributed by atoms with Crippen molar-refractivity contribution in [1.82, 2.24) is 9.55 Å². The standard InChI is InChI=1S/C19H17N3O4/c1-12-5-3-6-13(9-12)21-17(23)16-11-20-19(25)22(18(16)24)14-7-4-8-15(10-14)26-2/h3-11H,1-2H3,(H,20,25)(H,21,23). The third-order valence-corrected chi connectivity index (χ3v) is 3.81. The van der Waals surface area contributed by atoms with Gasteiger partial charge >= 0.3 is 5.69 Å². The van der Waals surface area contributed by atoms with E-state index in [2.05, 4.69) is 10.3 Å². The summed E-state index contributed by atoms with van der Waals surface area (Å²) >= 11 is 0. The number of nitrogens with one attached hydrogen (secondary N) is 2. The minimum atomic E-state index is -0.716. The van der Waals surface area contributed by atoms with Crippen LogP contribution < -0.4 is 21.3 Å². The van der Waals surface area contributed by atoms with Gasteiger partial charge in [0.15, 0.2) is 0 Å². The maximum absolute atomic E-state index is 12.7. The van der Waals surface area contributed by atoms with Crippen molar-refractivity contribution in [3.05, 3.63) is 86.7 Å². The Balaban J connectivity index is 2.03. The van der Waals surface area contributed by atoms with Crippen LogP contribution in [0.25, 0.3) is 5.69 Å². The highest BCUT2D eigenvalue weighted by molar-refractivity contribution is 6.03. The van der Waals surface area contributed by atoms with Gasteiger partial charge in [0, 0.05) is 18.0 Å². The Morgan fingerprint density at radius 1 is 1.12 bits per heavy atom. The number of rotatable bonds is 4. The molecule has 0 atom stereocenters. The summed E-state index contributed by atoms with van der Waals surface area (Å²) in [5.74, 6) is -0.114. The number of carbonyl (C=O) groups is 1. The van der Waals surface area contributed by atoms with Gasteiger partial charge in [-0.2, -0.15) is 0 Å². The largest absolute Gasteiger partial charge is 0.497 e. The molecule has 0 aliphatic heterocycles. The first-order valence-corrected chi connectivity index (χ1v) is 7.87. The molecule has 26 heavy (non-hydrogen) atoms. The minimum absolute atomic E-state index is 0.172. The van der Waals surface area contributed by atoms with E-state index in [0.29, 0.717) is 17.1 Å². The van der Waals surface area contributed by atoms with Crippen molar-refractivity contribution in [1.29, 1.82) is 0 Å². The maximum Gasteiger partial charge on any atom is 0.333 e. The van der Waals surface area contributed by atoms with Crippen molar-refractivity contribution in [2.45, 2.75) is 6.92 Å². The molecular formula is C19H17N3O4. The lowest BCUT2D eigenvalue weighted by molar-refractivity contribution is 0.102. The van der Waals surface area contributed by atoms with Gasteiger partial charge in [-0.1, -0.05) is 18.2 Å². The lowest BCUT2D eigenvalue weighted by Gasteiger charge is -2.09. The molecule has 0 saturated heterocycles. The highest BCUT2D eigenvalue weighted by Gasteiger charge is 2.16. The molecule has 0 fully saturated rings. The predicted octanol–water partition coefficient (Wildman–Crippen LogP) is 2.10. The van der Waals surface area contributed by atoms with Crippen molar-refractivity contribution < 1.29 is 9.53 Å². The molecule has 0 saturated carbocycles. The van der Waals surface area contributed by atoms with Gasteiger partial charge in [-0.25, -0.2) is 9.36 Å². The van der Waals surface area contributed by atoms with Crippen LogP contribution in [0.4, 0.5) is 5.69 Å². The molecule has 7 heteroatoms. The second-order valence-corrected chi connectivity index (χ2v) is 5.67. The average molecular weight is 351 g/mol. The average Bonchev–Trinajstić information content (AvgIpc) is 2.62. The van der Waals surface area contributed by atoms with Crippen LogP contribution in [0.5, 0.6) is 5.75 Å². The molecule has 0 aliphatic rings. The normalized spacial score (nSPS) is 10.4. The summed E-state index contributed by atoms with van der Waals surface area (Å²) in [6.07, 6.45) is 1.12. The number of aryl methyl sites for hydroxylation is 1. The van der Waals surface area contributed by atoms with Crippen LogP contribution in [0.3, 0.4) is 0 Å². The van der Waals surface area contributed by atoms with Crippen molar-refractivity contribution in [2.24, 2.45) is 0 Å². The van der Waals surface area contributed by atoms with Crippen LogP contribution >= 0.6 is 0 Å². The monoisotopic (exact) mass is 351 g/mol. The summed E-state index contributed by atoms with van der Waals surface area (Å²) in [5.41, 5.74) is 0.309. The van der Waals surface area contributed by atoms with Gasteiger partial charge in [0.2, 0.25) is 0 Å². The highest BCUT2D eigenvalue weighted by Crippen LogP contribution is 2.14. The molecule has 1 heterocycles. The fourth-order valence-electron chi connectivity index (χ4n) is 2.54. The highest BCUT2D eigenvalue weighted by atomic mass is 16.5. The third-order valence-electron chi connectivity index (χ3n) is 3.81. The van der Waals surface area contributed by atoms with Gasteiger partial charge in [-0.05, 0) is 36.8 Å². The van der Waals surface area contributed by atoms with Gasteiger partial charge in [-0.3, -0.25) is 9.59 Å². The molecule has 0 bridgehead atoms.